The lowest BCUT2D eigenvalue weighted by atomic mass is 10.1. The van der Waals surface area contributed by atoms with Crippen molar-refractivity contribution in [2.75, 3.05) is 12.4 Å². The molecule has 0 amide bonds. The number of nitrogens with one attached hydrogen (secondary N) is 1. The smallest absolute Gasteiger partial charge is 0.281 e. The van der Waals surface area contributed by atoms with E-state index in [1.807, 2.05) is 31.2 Å². The van der Waals surface area contributed by atoms with Gasteiger partial charge in [-0.1, -0.05) is 42.0 Å². The van der Waals surface area contributed by atoms with Gasteiger partial charge < -0.3 is 10.1 Å². The second-order valence-electron chi connectivity index (χ2n) is 7.05. The van der Waals surface area contributed by atoms with E-state index in [4.69, 9.17) is 4.74 Å². The molecule has 0 atom stereocenters. The van der Waals surface area contributed by atoms with Gasteiger partial charge in [-0.15, -0.1) is 5.10 Å². The average molecular weight is 416 g/mol. The zero-order valence-electron chi connectivity index (χ0n) is 17.2. The standard InChI is InChI=1S/C24H21FN4O2/c1-16-3-7-18(8-4-16)22-27-24(26-15-17-5-11-20(25)12-6-17)29(28-22)23(30)19-9-13-21(31-2)14-10-19/h3-14H,15H2,1-2H3,(H,26,27,28). The fourth-order valence-corrected chi connectivity index (χ4v) is 3.03. The predicted octanol–water partition coefficient (Wildman–Crippen LogP) is 4.70. The third-order valence-corrected chi connectivity index (χ3v) is 4.81. The Morgan fingerprint density at radius 2 is 1.68 bits per heavy atom. The fraction of sp³-hybridized carbons (Fsp3) is 0.125. The summed E-state index contributed by atoms with van der Waals surface area (Å²) in [5.41, 5.74) is 3.22. The highest BCUT2D eigenvalue weighted by molar-refractivity contribution is 5.97. The number of hydrogen-bond acceptors (Lipinski definition) is 5. The number of methoxy groups -OCH3 is 1. The van der Waals surface area contributed by atoms with Crippen LogP contribution in [0.2, 0.25) is 0 Å². The number of carbonyl (C=O) groups excluding carboxylic acids is 1. The van der Waals surface area contributed by atoms with Gasteiger partial charge in [0, 0.05) is 17.7 Å². The molecular formula is C24H21FN4O2. The van der Waals surface area contributed by atoms with Crippen molar-refractivity contribution in [1.29, 1.82) is 0 Å². The van der Waals surface area contributed by atoms with E-state index in [9.17, 15) is 9.18 Å². The number of aromatic nitrogens is 3. The molecule has 4 rings (SSSR count). The van der Waals surface area contributed by atoms with Gasteiger partial charge >= 0.3 is 0 Å². The second kappa shape index (κ2) is 8.79. The van der Waals surface area contributed by atoms with Crippen LogP contribution in [0.3, 0.4) is 0 Å². The van der Waals surface area contributed by atoms with Crippen LogP contribution in [-0.4, -0.2) is 27.8 Å². The van der Waals surface area contributed by atoms with Crippen LogP contribution in [0.5, 0.6) is 5.75 Å². The third kappa shape index (κ3) is 4.61. The number of ether oxygens (including phenoxy) is 1. The van der Waals surface area contributed by atoms with Crippen LogP contribution in [0.4, 0.5) is 10.3 Å². The Kier molecular flexibility index (Phi) is 5.75. The van der Waals surface area contributed by atoms with E-state index in [0.29, 0.717) is 29.6 Å². The van der Waals surface area contributed by atoms with Crippen LogP contribution in [0.15, 0.2) is 72.8 Å². The number of hydrogen-bond donors (Lipinski definition) is 1. The van der Waals surface area contributed by atoms with Crippen LogP contribution in [0.25, 0.3) is 11.4 Å². The van der Waals surface area contributed by atoms with Crippen molar-refractivity contribution >= 4 is 11.9 Å². The van der Waals surface area contributed by atoms with Gasteiger partial charge in [-0.25, -0.2) is 4.39 Å². The molecule has 156 valence electrons. The molecule has 1 heterocycles. The average Bonchev–Trinajstić information content (AvgIpc) is 3.23. The van der Waals surface area contributed by atoms with Gasteiger partial charge in [0.25, 0.3) is 5.91 Å². The molecule has 0 fully saturated rings. The monoisotopic (exact) mass is 416 g/mol. The maximum Gasteiger partial charge on any atom is 0.281 e. The topological polar surface area (TPSA) is 69.0 Å². The highest BCUT2D eigenvalue weighted by Crippen LogP contribution is 2.21. The number of rotatable bonds is 6. The zero-order chi connectivity index (χ0) is 21.8. The van der Waals surface area contributed by atoms with Crippen molar-refractivity contribution in [1.82, 2.24) is 14.8 Å². The molecule has 0 aliphatic carbocycles. The van der Waals surface area contributed by atoms with Gasteiger partial charge in [-0.05, 0) is 48.9 Å². The van der Waals surface area contributed by atoms with Gasteiger partial charge in [-0.2, -0.15) is 9.67 Å². The Labute approximate surface area is 179 Å². The van der Waals surface area contributed by atoms with Crippen molar-refractivity contribution < 1.29 is 13.9 Å². The molecule has 6 nitrogen and oxygen atoms in total. The lowest BCUT2D eigenvalue weighted by molar-refractivity contribution is 0.0947. The largest absolute Gasteiger partial charge is 0.497 e. The second-order valence-corrected chi connectivity index (χ2v) is 7.05. The lowest BCUT2D eigenvalue weighted by Gasteiger charge is -2.08. The maximum atomic E-state index is 13.2. The van der Waals surface area contributed by atoms with Gasteiger partial charge in [0.2, 0.25) is 5.95 Å². The highest BCUT2D eigenvalue weighted by atomic mass is 19.1. The minimum atomic E-state index is -0.324. The Hall–Kier alpha value is -4.00. The van der Waals surface area contributed by atoms with Crippen LogP contribution in [-0.2, 0) is 6.54 Å². The van der Waals surface area contributed by atoms with Crippen molar-refractivity contribution in [3.8, 4) is 17.1 Å². The summed E-state index contributed by atoms with van der Waals surface area (Å²) in [6.07, 6.45) is 0. The predicted molar refractivity (Wildman–Crippen MR) is 117 cm³/mol. The Bertz CT molecular complexity index is 1180. The van der Waals surface area contributed by atoms with E-state index in [-0.39, 0.29) is 11.7 Å². The summed E-state index contributed by atoms with van der Waals surface area (Å²) < 4.78 is 19.6. The van der Waals surface area contributed by atoms with Crippen molar-refractivity contribution in [3.63, 3.8) is 0 Å². The summed E-state index contributed by atoms with van der Waals surface area (Å²) in [7, 11) is 1.57. The lowest BCUT2D eigenvalue weighted by Crippen LogP contribution is -2.17. The zero-order valence-corrected chi connectivity index (χ0v) is 17.2. The number of benzene rings is 3. The summed E-state index contributed by atoms with van der Waals surface area (Å²) in [6, 6.07) is 20.7. The minimum absolute atomic E-state index is 0.303. The van der Waals surface area contributed by atoms with Crippen molar-refractivity contribution in [2.24, 2.45) is 0 Å². The Morgan fingerprint density at radius 1 is 1.00 bits per heavy atom. The van der Waals surface area contributed by atoms with E-state index >= 15 is 0 Å². The van der Waals surface area contributed by atoms with Crippen molar-refractivity contribution in [3.05, 3.63) is 95.3 Å². The summed E-state index contributed by atoms with van der Waals surface area (Å²) >= 11 is 0. The minimum Gasteiger partial charge on any atom is -0.497 e. The SMILES string of the molecule is COc1ccc(C(=O)n2nc(-c3ccc(C)cc3)nc2NCc2ccc(F)cc2)cc1. The number of halogens is 1. The van der Waals surface area contributed by atoms with E-state index in [1.165, 1.54) is 16.8 Å². The number of aryl methyl sites for hydroxylation is 1. The summed E-state index contributed by atoms with van der Waals surface area (Å²) in [5.74, 6) is 0.771. The number of carbonyl (C=O) groups is 1. The molecule has 4 aromatic rings. The van der Waals surface area contributed by atoms with E-state index in [2.05, 4.69) is 15.4 Å². The molecule has 7 heteroatoms. The van der Waals surface area contributed by atoms with Gasteiger partial charge in [-0.3, -0.25) is 4.79 Å². The van der Waals surface area contributed by atoms with Crippen LogP contribution >= 0.6 is 0 Å². The molecule has 0 saturated carbocycles. The first-order chi connectivity index (χ1) is 15.0. The molecule has 31 heavy (non-hydrogen) atoms. The molecule has 0 spiro atoms. The molecule has 1 aromatic heterocycles. The Balaban J connectivity index is 1.67. The van der Waals surface area contributed by atoms with Gasteiger partial charge in [0.05, 0.1) is 7.11 Å². The molecule has 0 aliphatic heterocycles. The normalized spacial score (nSPS) is 10.7. The molecule has 0 aliphatic rings. The molecular weight excluding hydrogens is 395 g/mol. The van der Waals surface area contributed by atoms with Gasteiger partial charge in [0.15, 0.2) is 5.82 Å². The first kappa shape index (κ1) is 20.3. The van der Waals surface area contributed by atoms with Crippen LogP contribution in [0.1, 0.15) is 21.5 Å². The first-order valence-electron chi connectivity index (χ1n) is 9.74. The van der Waals surface area contributed by atoms with E-state index < -0.39 is 0 Å². The van der Waals surface area contributed by atoms with E-state index in [1.54, 1.807) is 43.5 Å². The first-order valence-corrected chi connectivity index (χ1v) is 9.74. The quantitative estimate of drug-likeness (QED) is 0.493. The summed E-state index contributed by atoms with van der Waals surface area (Å²) in [4.78, 5) is 17.7. The summed E-state index contributed by atoms with van der Waals surface area (Å²) in [5, 5.41) is 7.60. The van der Waals surface area contributed by atoms with Gasteiger partial charge in [0.1, 0.15) is 11.6 Å². The number of anilines is 1. The van der Waals surface area contributed by atoms with E-state index in [0.717, 1.165) is 16.7 Å². The number of nitrogens with zero attached hydrogens (tertiary/aromatic N) is 3. The molecule has 0 radical (unpaired) electrons. The Morgan fingerprint density at radius 3 is 2.32 bits per heavy atom. The molecule has 0 saturated heterocycles. The molecule has 0 unspecified atom stereocenters. The van der Waals surface area contributed by atoms with Crippen LogP contribution < -0.4 is 10.1 Å². The highest BCUT2D eigenvalue weighted by Gasteiger charge is 2.19. The third-order valence-electron chi connectivity index (χ3n) is 4.81. The fourth-order valence-electron chi connectivity index (χ4n) is 3.03. The van der Waals surface area contributed by atoms with Crippen molar-refractivity contribution in [2.45, 2.75) is 13.5 Å². The van der Waals surface area contributed by atoms with Crippen LogP contribution in [0, 0.1) is 12.7 Å². The summed E-state index contributed by atoms with van der Waals surface area (Å²) in [6.45, 7) is 2.36. The molecule has 1 N–H and O–H groups in total. The molecule has 0 bridgehead atoms. The molecule has 3 aromatic carbocycles. The maximum absolute atomic E-state index is 13.2.